The lowest BCUT2D eigenvalue weighted by atomic mass is 10.2. The lowest BCUT2D eigenvalue weighted by Crippen LogP contribution is -2.14. The number of nitrogens with two attached hydrogens (primary N) is 1. The molecule has 0 radical (unpaired) electrons. The Labute approximate surface area is 144 Å². The maximum absolute atomic E-state index is 12.4. The van der Waals surface area contributed by atoms with Gasteiger partial charge >= 0.3 is 0 Å². The van der Waals surface area contributed by atoms with Crippen molar-refractivity contribution in [3.63, 3.8) is 0 Å². The monoisotopic (exact) mass is 335 g/mol. The number of nitrogen functional groups attached to an aromatic ring is 1. The highest BCUT2D eigenvalue weighted by atomic mass is 16.2. The van der Waals surface area contributed by atoms with E-state index in [1.807, 2.05) is 30.3 Å². The number of para-hydroxylation sites is 1. The molecular formula is C18H17N5O2. The maximum Gasteiger partial charge on any atom is 0.256 e. The zero-order chi connectivity index (χ0) is 17.8. The number of rotatable bonds is 4. The molecule has 0 spiro atoms. The summed E-state index contributed by atoms with van der Waals surface area (Å²) < 4.78 is 1.60. The molecule has 0 aliphatic heterocycles. The molecule has 7 nitrogen and oxygen atoms in total. The molecule has 0 bridgehead atoms. The molecule has 0 fully saturated rings. The Morgan fingerprint density at radius 2 is 1.80 bits per heavy atom. The van der Waals surface area contributed by atoms with E-state index in [-0.39, 0.29) is 17.6 Å². The Morgan fingerprint density at radius 3 is 2.52 bits per heavy atom. The lowest BCUT2D eigenvalue weighted by Gasteiger charge is -2.06. The van der Waals surface area contributed by atoms with Gasteiger partial charge in [0.05, 0.1) is 17.6 Å². The van der Waals surface area contributed by atoms with Crippen LogP contribution in [0.25, 0.3) is 5.69 Å². The van der Waals surface area contributed by atoms with Gasteiger partial charge < -0.3 is 16.4 Å². The van der Waals surface area contributed by atoms with Crippen LogP contribution in [0.4, 0.5) is 17.2 Å². The highest BCUT2D eigenvalue weighted by Crippen LogP contribution is 2.20. The van der Waals surface area contributed by atoms with Gasteiger partial charge in [-0.25, -0.2) is 4.68 Å². The first-order valence-corrected chi connectivity index (χ1v) is 7.62. The molecule has 2 aromatic carbocycles. The number of carbonyl (C=O) groups excluding carboxylic acids is 2. The average molecular weight is 335 g/mol. The predicted molar refractivity (Wildman–Crippen MR) is 96.7 cm³/mol. The molecule has 3 aromatic rings. The minimum atomic E-state index is -0.364. The van der Waals surface area contributed by atoms with Crippen LogP contribution in [0.15, 0.2) is 60.8 Å². The Kier molecular flexibility index (Phi) is 4.47. The van der Waals surface area contributed by atoms with Crippen molar-refractivity contribution >= 4 is 29.0 Å². The van der Waals surface area contributed by atoms with Crippen molar-refractivity contribution in [2.24, 2.45) is 0 Å². The minimum absolute atomic E-state index is 0.205. The topological polar surface area (TPSA) is 102 Å². The number of hydrogen-bond donors (Lipinski definition) is 3. The number of aromatic nitrogens is 2. The van der Waals surface area contributed by atoms with Crippen LogP contribution >= 0.6 is 0 Å². The fourth-order valence-electron chi connectivity index (χ4n) is 2.32. The molecule has 126 valence electrons. The van der Waals surface area contributed by atoms with Gasteiger partial charge in [-0.05, 0) is 30.3 Å². The molecule has 2 amide bonds. The molecule has 1 heterocycles. The van der Waals surface area contributed by atoms with Crippen LogP contribution in [0.3, 0.4) is 0 Å². The molecular weight excluding hydrogens is 318 g/mol. The third-order valence-corrected chi connectivity index (χ3v) is 3.44. The van der Waals surface area contributed by atoms with E-state index in [4.69, 9.17) is 5.73 Å². The predicted octanol–water partition coefficient (Wildman–Crippen LogP) is 2.67. The number of anilines is 3. The van der Waals surface area contributed by atoms with Gasteiger partial charge in [-0.1, -0.05) is 24.3 Å². The summed E-state index contributed by atoms with van der Waals surface area (Å²) in [5.41, 5.74) is 8.07. The number of hydrogen-bond acceptors (Lipinski definition) is 4. The number of nitrogens with one attached hydrogen (secondary N) is 2. The maximum atomic E-state index is 12.4. The summed E-state index contributed by atoms with van der Waals surface area (Å²) in [6, 6.07) is 16.1. The Morgan fingerprint density at radius 1 is 1.04 bits per heavy atom. The number of benzene rings is 2. The van der Waals surface area contributed by atoms with Crippen LogP contribution in [0.5, 0.6) is 0 Å². The lowest BCUT2D eigenvalue weighted by molar-refractivity contribution is -0.114. The average Bonchev–Trinajstić information content (AvgIpc) is 2.96. The number of carbonyl (C=O) groups is 2. The Bertz CT molecular complexity index is 918. The number of nitrogens with zero attached hydrogens (tertiary/aromatic N) is 2. The molecule has 1 aromatic heterocycles. The van der Waals surface area contributed by atoms with Gasteiger partial charge in [-0.15, -0.1) is 5.10 Å². The smallest absolute Gasteiger partial charge is 0.256 e. The molecule has 0 saturated heterocycles. The zero-order valence-electron chi connectivity index (χ0n) is 13.6. The largest absolute Gasteiger partial charge is 0.394 e. The molecule has 0 saturated carbocycles. The van der Waals surface area contributed by atoms with E-state index in [2.05, 4.69) is 15.7 Å². The second-order valence-corrected chi connectivity index (χ2v) is 5.43. The highest BCUT2D eigenvalue weighted by Gasteiger charge is 2.13. The highest BCUT2D eigenvalue weighted by molar-refractivity contribution is 6.06. The van der Waals surface area contributed by atoms with E-state index in [0.29, 0.717) is 16.9 Å². The van der Waals surface area contributed by atoms with Crippen LogP contribution in [0.2, 0.25) is 0 Å². The first-order chi connectivity index (χ1) is 12.0. The second kappa shape index (κ2) is 6.88. The van der Waals surface area contributed by atoms with Gasteiger partial charge in [-0.3, -0.25) is 9.59 Å². The fourth-order valence-corrected chi connectivity index (χ4v) is 2.32. The van der Waals surface area contributed by atoms with E-state index >= 15 is 0 Å². The second-order valence-electron chi connectivity index (χ2n) is 5.43. The first-order valence-electron chi connectivity index (χ1n) is 7.62. The third-order valence-electron chi connectivity index (χ3n) is 3.44. The summed E-state index contributed by atoms with van der Waals surface area (Å²) in [6.07, 6.45) is 1.64. The molecule has 3 rings (SSSR count). The van der Waals surface area contributed by atoms with E-state index in [1.54, 1.807) is 35.1 Å². The Balaban J connectivity index is 1.80. The molecule has 0 atom stereocenters. The van der Waals surface area contributed by atoms with Crippen LogP contribution < -0.4 is 16.4 Å². The van der Waals surface area contributed by atoms with E-state index < -0.39 is 0 Å². The van der Waals surface area contributed by atoms with Crippen LogP contribution in [0, 0.1) is 0 Å². The zero-order valence-corrected chi connectivity index (χ0v) is 13.6. The summed E-state index contributed by atoms with van der Waals surface area (Å²) in [6.45, 7) is 1.41. The van der Waals surface area contributed by atoms with Gasteiger partial charge in [0.2, 0.25) is 5.91 Å². The molecule has 0 unspecified atom stereocenters. The van der Waals surface area contributed by atoms with E-state index in [9.17, 15) is 9.59 Å². The van der Waals surface area contributed by atoms with Crippen molar-refractivity contribution in [2.75, 3.05) is 16.4 Å². The van der Waals surface area contributed by atoms with Crippen LogP contribution in [0.1, 0.15) is 17.3 Å². The van der Waals surface area contributed by atoms with Gasteiger partial charge in [0.15, 0.2) is 5.82 Å². The number of amides is 2. The van der Waals surface area contributed by atoms with Gasteiger partial charge in [0.25, 0.3) is 5.91 Å². The SMILES string of the molecule is CC(=O)Nc1cccc(C(=O)Nc2nn(-c3ccccc3)cc2N)c1. The fraction of sp³-hybridized carbons (Fsp3) is 0.0556. The molecule has 25 heavy (non-hydrogen) atoms. The van der Waals surface area contributed by atoms with Gasteiger partial charge in [0, 0.05) is 18.2 Å². The summed E-state index contributed by atoms with van der Waals surface area (Å²) >= 11 is 0. The molecule has 7 heteroatoms. The molecule has 0 aliphatic rings. The van der Waals surface area contributed by atoms with Crippen molar-refractivity contribution in [3.05, 3.63) is 66.4 Å². The van der Waals surface area contributed by atoms with Crippen molar-refractivity contribution < 1.29 is 9.59 Å². The standard InChI is InChI=1S/C18H17N5O2/c1-12(24)20-14-7-5-6-13(10-14)18(25)21-17-16(19)11-23(22-17)15-8-3-2-4-9-15/h2-11H,19H2,1H3,(H,20,24)(H,21,22,25). The van der Waals surface area contributed by atoms with E-state index in [1.165, 1.54) is 6.92 Å². The third kappa shape index (κ3) is 3.84. The Hall–Kier alpha value is -3.61. The normalized spacial score (nSPS) is 10.3. The van der Waals surface area contributed by atoms with Gasteiger partial charge in [-0.2, -0.15) is 0 Å². The molecule has 0 aliphatic carbocycles. The quantitative estimate of drug-likeness (QED) is 0.682. The van der Waals surface area contributed by atoms with Crippen molar-refractivity contribution in [2.45, 2.75) is 6.92 Å². The molecule has 4 N–H and O–H groups in total. The van der Waals surface area contributed by atoms with Crippen LogP contribution in [-0.2, 0) is 4.79 Å². The van der Waals surface area contributed by atoms with Gasteiger partial charge in [0.1, 0.15) is 0 Å². The minimum Gasteiger partial charge on any atom is -0.394 e. The van der Waals surface area contributed by atoms with Crippen molar-refractivity contribution in [1.29, 1.82) is 0 Å². The summed E-state index contributed by atoms with van der Waals surface area (Å²) in [5.74, 6) is -0.292. The summed E-state index contributed by atoms with van der Waals surface area (Å²) in [7, 11) is 0. The van der Waals surface area contributed by atoms with E-state index in [0.717, 1.165) is 5.69 Å². The van der Waals surface area contributed by atoms with Crippen LogP contribution in [-0.4, -0.2) is 21.6 Å². The van der Waals surface area contributed by atoms with Crippen molar-refractivity contribution in [3.8, 4) is 5.69 Å². The first kappa shape index (κ1) is 16.3. The summed E-state index contributed by atoms with van der Waals surface area (Å²) in [5, 5.41) is 9.63. The summed E-state index contributed by atoms with van der Waals surface area (Å²) in [4.78, 5) is 23.5. The van der Waals surface area contributed by atoms with Crippen molar-refractivity contribution in [1.82, 2.24) is 9.78 Å².